The molecule has 0 saturated heterocycles. The van der Waals surface area contributed by atoms with Gasteiger partial charge in [0.15, 0.2) is 11.5 Å². The summed E-state index contributed by atoms with van der Waals surface area (Å²) >= 11 is 0. The molecule has 0 bridgehead atoms. The van der Waals surface area contributed by atoms with Crippen molar-refractivity contribution in [3.8, 4) is 11.5 Å². The van der Waals surface area contributed by atoms with Gasteiger partial charge in [0.05, 0.1) is 14.2 Å². The highest BCUT2D eigenvalue weighted by Gasteiger charge is 2.08. The fourth-order valence-electron chi connectivity index (χ4n) is 2.47. The first-order valence-electron chi connectivity index (χ1n) is 7.27. The van der Waals surface area contributed by atoms with Gasteiger partial charge in [0.1, 0.15) is 0 Å². The van der Waals surface area contributed by atoms with E-state index in [-0.39, 0.29) is 5.91 Å². The molecule has 1 amide bonds. The second-order valence-electron chi connectivity index (χ2n) is 5.15. The first-order valence-corrected chi connectivity index (χ1v) is 7.27. The van der Waals surface area contributed by atoms with Crippen LogP contribution in [0.1, 0.15) is 15.9 Å². The van der Waals surface area contributed by atoms with Crippen LogP contribution >= 0.6 is 0 Å². The Bertz CT molecular complexity index is 839. The van der Waals surface area contributed by atoms with Crippen LogP contribution in [-0.4, -0.2) is 25.1 Å². The van der Waals surface area contributed by atoms with Crippen LogP contribution in [0.25, 0.3) is 10.9 Å². The Labute approximate surface area is 134 Å². The maximum absolute atomic E-state index is 12.3. The van der Waals surface area contributed by atoms with Crippen LogP contribution in [0.15, 0.2) is 48.7 Å². The third-order valence-electron chi connectivity index (χ3n) is 3.72. The lowest BCUT2D eigenvalue weighted by Crippen LogP contribution is -2.22. The molecule has 2 aromatic carbocycles. The lowest BCUT2D eigenvalue weighted by molar-refractivity contribution is 0.0951. The second kappa shape index (κ2) is 6.44. The van der Waals surface area contributed by atoms with E-state index in [1.165, 1.54) is 0 Å². The number of aromatic nitrogens is 1. The number of hydrogen-bond acceptors (Lipinski definition) is 3. The molecule has 0 atom stereocenters. The molecule has 0 saturated carbocycles. The van der Waals surface area contributed by atoms with Gasteiger partial charge >= 0.3 is 0 Å². The summed E-state index contributed by atoms with van der Waals surface area (Å²) in [4.78, 5) is 15.4. The lowest BCUT2D eigenvalue weighted by atomic mass is 10.1. The van der Waals surface area contributed by atoms with Crippen LogP contribution in [0.5, 0.6) is 11.5 Å². The number of benzene rings is 2. The molecule has 3 rings (SSSR count). The van der Waals surface area contributed by atoms with Gasteiger partial charge in [0.2, 0.25) is 0 Å². The van der Waals surface area contributed by atoms with Gasteiger partial charge in [0, 0.05) is 29.2 Å². The zero-order chi connectivity index (χ0) is 16.2. The number of carbonyl (C=O) groups excluding carboxylic acids is 1. The average molecular weight is 310 g/mol. The number of nitrogens with one attached hydrogen (secondary N) is 2. The second-order valence-corrected chi connectivity index (χ2v) is 5.15. The van der Waals surface area contributed by atoms with Gasteiger partial charge in [0.25, 0.3) is 5.91 Å². The molecule has 23 heavy (non-hydrogen) atoms. The minimum atomic E-state index is -0.108. The molecule has 0 unspecified atom stereocenters. The highest BCUT2D eigenvalue weighted by Crippen LogP contribution is 2.27. The summed E-state index contributed by atoms with van der Waals surface area (Å²) in [5, 5.41) is 3.93. The van der Waals surface area contributed by atoms with Crippen molar-refractivity contribution in [2.45, 2.75) is 6.54 Å². The van der Waals surface area contributed by atoms with E-state index >= 15 is 0 Å². The van der Waals surface area contributed by atoms with Crippen LogP contribution in [0.4, 0.5) is 0 Å². The molecule has 5 nitrogen and oxygen atoms in total. The third-order valence-corrected chi connectivity index (χ3v) is 3.72. The van der Waals surface area contributed by atoms with Crippen molar-refractivity contribution in [3.63, 3.8) is 0 Å². The van der Waals surface area contributed by atoms with Crippen LogP contribution in [-0.2, 0) is 6.54 Å². The van der Waals surface area contributed by atoms with E-state index in [1.54, 1.807) is 14.2 Å². The third kappa shape index (κ3) is 3.13. The molecule has 0 fully saturated rings. The number of aromatic amines is 1. The van der Waals surface area contributed by atoms with E-state index in [2.05, 4.69) is 10.3 Å². The van der Waals surface area contributed by atoms with Gasteiger partial charge in [-0.05, 0) is 42.0 Å². The summed E-state index contributed by atoms with van der Waals surface area (Å²) in [6.07, 6.45) is 1.86. The van der Waals surface area contributed by atoms with E-state index in [4.69, 9.17) is 9.47 Å². The molecule has 118 valence electrons. The van der Waals surface area contributed by atoms with E-state index in [0.717, 1.165) is 16.5 Å². The molecule has 1 heterocycles. The van der Waals surface area contributed by atoms with Crippen molar-refractivity contribution in [1.29, 1.82) is 0 Å². The minimum absolute atomic E-state index is 0.108. The number of rotatable bonds is 5. The molecular weight excluding hydrogens is 292 g/mol. The van der Waals surface area contributed by atoms with Crippen molar-refractivity contribution < 1.29 is 14.3 Å². The van der Waals surface area contributed by atoms with Gasteiger partial charge < -0.3 is 19.8 Å². The summed E-state index contributed by atoms with van der Waals surface area (Å²) in [5.74, 6) is 1.20. The number of amides is 1. The highest BCUT2D eigenvalue weighted by atomic mass is 16.5. The molecule has 0 spiro atoms. The van der Waals surface area contributed by atoms with Crippen molar-refractivity contribution in [3.05, 3.63) is 59.8 Å². The molecular formula is C18H18N2O3. The Morgan fingerprint density at radius 3 is 2.65 bits per heavy atom. The summed E-state index contributed by atoms with van der Waals surface area (Å²) in [6.45, 7) is 0.421. The van der Waals surface area contributed by atoms with Gasteiger partial charge in [-0.3, -0.25) is 4.79 Å². The van der Waals surface area contributed by atoms with Crippen molar-refractivity contribution in [2.24, 2.45) is 0 Å². The zero-order valence-electron chi connectivity index (χ0n) is 13.1. The van der Waals surface area contributed by atoms with Gasteiger partial charge in [-0.15, -0.1) is 0 Å². The number of H-pyrrole nitrogens is 1. The molecule has 3 aromatic rings. The van der Waals surface area contributed by atoms with E-state index in [0.29, 0.717) is 23.6 Å². The Balaban J connectivity index is 1.71. The monoisotopic (exact) mass is 310 g/mol. The Morgan fingerprint density at radius 2 is 1.87 bits per heavy atom. The Hall–Kier alpha value is -2.95. The summed E-state index contributed by atoms with van der Waals surface area (Å²) < 4.78 is 10.5. The van der Waals surface area contributed by atoms with Crippen LogP contribution < -0.4 is 14.8 Å². The quantitative estimate of drug-likeness (QED) is 0.761. The van der Waals surface area contributed by atoms with E-state index in [9.17, 15) is 4.79 Å². The molecule has 5 heteroatoms. The molecule has 0 aliphatic heterocycles. The topological polar surface area (TPSA) is 63.3 Å². The normalized spacial score (nSPS) is 10.5. The van der Waals surface area contributed by atoms with Crippen LogP contribution in [0, 0.1) is 0 Å². The van der Waals surface area contributed by atoms with Gasteiger partial charge in [-0.25, -0.2) is 0 Å². The number of methoxy groups -OCH3 is 2. The fourth-order valence-corrected chi connectivity index (χ4v) is 2.47. The first-order chi connectivity index (χ1) is 11.2. The van der Waals surface area contributed by atoms with Gasteiger partial charge in [-0.2, -0.15) is 0 Å². The largest absolute Gasteiger partial charge is 0.493 e. The van der Waals surface area contributed by atoms with E-state index in [1.807, 2.05) is 48.7 Å². The predicted octanol–water partition coefficient (Wildman–Crippen LogP) is 3.12. The maximum atomic E-state index is 12.3. The number of hydrogen-bond donors (Lipinski definition) is 2. The number of carbonyl (C=O) groups is 1. The fraction of sp³-hybridized carbons (Fsp3) is 0.167. The lowest BCUT2D eigenvalue weighted by Gasteiger charge is -2.10. The van der Waals surface area contributed by atoms with Crippen molar-refractivity contribution >= 4 is 16.8 Å². The van der Waals surface area contributed by atoms with Crippen molar-refractivity contribution in [1.82, 2.24) is 10.3 Å². The number of fused-ring (bicyclic) bond motifs is 1. The van der Waals surface area contributed by atoms with E-state index < -0.39 is 0 Å². The standard InChI is InChI=1S/C18H18N2O3/c1-22-16-6-3-12(9-17(16)23-2)11-20-18(21)14-4-5-15-13(10-14)7-8-19-15/h3-10,19H,11H2,1-2H3,(H,20,21). The first kappa shape index (κ1) is 15.0. The minimum Gasteiger partial charge on any atom is -0.493 e. The smallest absolute Gasteiger partial charge is 0.251 e. The number of ether oxygens (including phenoxy) is 2. The summed E-state index contributed by atoms with van der Waals surface area (Å²) in [6, 6.07) is 13.1. The Morgan fingerprint density at radius 1 is 1.04 bits per heavy atom. The van der Waals surface area contributed by atoms with Crippen LogP contribution in [0.2, 0.25) is 0 Å². The Kier molecular flexibility index (Phi) is 4.19. The van der Waals surface area contributed by atoms with Gasteiger partial charge in [-0.1, -0.05) is 6.07 Å². The maximum Gasteiger partial charge on any atom is 0.251 e. The predicted molar refractivity (Wildman–Crippen MR) is 89.0 cm³/mol. The zero-order valence-corrected chi connectivity index (χ0v) is 13.1. The van der Waals surface area contributed by atoms with Crippen LogP contribution in [0.3, 0.4) is 0 Å². The molecule has 1 aromatic heterocycles. The summed E-state index contributed by atoms with van der Waals surface area (Å²) in [7, 11) is 3.18. The SMILES string of the molecule is COc1ccc(CNC(=O)c2ccc3[nH]ccc3c2)cc1OC. The molecule has 0 aliphatic rings. The highest BCUT2D eigenvalue weighted by molar-refractivity contribution is 5.98. The average Bonchev–Trinajstić information content (AvgIpc) is 3.06. The molecule has 2 N–H and O–H groups in total. The molecule has 0 aliphatic carbocycles. The molecule has 0 radical (unpaired) electrons. The summed E-state index contributed by atoms with van der Waals surface area (Å²) in [5.41, 5.74) is 2.60. The van der Waals surface area contributed by atoms with Crippen molar-refractivity contribution in [2.75, 3.05) is 14.2 Å².